The summed E-state index contributed by atoms with van der Waals surface area (Å²) in [6.45, 7) is 5.05. The van der Waals surface area contributed by atoms with Crippen molar-refractivity contribution < 1.29 is 4.79 Å². The maximum absolute atomic E-state index is 11.0. The molecular formula is C11H19N5O. The first-order chi connectivity index (χ1) is 8.02. The van der Waals surface area contributed by atoms with E-state index in [1.54, 1.807) is 13.1 Å². The van der Waals surface area contributed by atoms with Crippen molar-refractivity contribution in [3.8, 4) is 0 Å². The molecule has 1 amide bonds. The summed E-state index contributed by atoms with van der Waals surface area (Å²) in [6.07, 6.45) is 1.47. The molecule has 0 aliphatic heterocycles. The molecule has 1 heterocycles. The zero-order valence-corrected chi connectivity index (χ0v) is 10.5. The Kier molecular flexibility index (Phi) is 4.68. The lowest BCUT2D eigenvalue weighted by Crippen LogP contribution is -2.36. The minimum Gasteiger partial charge on any atom is -0.373 e. The molecular weight excluding hydrogens is 218 g/mol. The predicted molar refractivity (Wildman–Crippen MR) is 67.8 cm³/mol. The first-order valence-electron chi connectivity index (χ1n) is 5.56. The molecule has 0 saturated heterocycles. The summed E-state index contributed by atoms with van der Waals surface area (Å²) >= 11 is 0. The van der Waals surface area contributed by atoms with Gasteiger partial charge in [0.05, 0.1) is 6.54 Å². The van der Waals surface area contributed by atoms with E-state index in [0.717, 1.165) is 6.54 Å². The van der Waals surface area contributed by atoms with Gasteiger partial charge < -0.3 is 16.0 Å². The van der Waals surface area contributed by atoms with Crippen LogP contribution < -0.4 is 16.0 Å². The van der Waals surface area contributed by atoms with Crippen molar-refractivity contribution in [3.05, 3.63) is 12.4 Å². The summed E-state index contributed by atoms with van der Waals surface area (Å²) in [4.78, 5) is 21.1. The number of aromatic nitrogens is 2. The summed E-state index contributed by atoms with van der Waals surface area (Å²) < 4.78 is 0. The Morgan fingerprint density at radius 3 is 2.76 bits per heavy atom. The first kappa shape index (κ1) is 13.2. The molecule has 1 aromatic heterocycles. The van der Waals surface area contributed by atoms with Crippen LogP contribution in [0.2, 0.25) is 0 Å². The summed E-state index contributed by atoms with van der Waals surface area (Å²) in [5.74, 6) is 1.47. The van der Waals surface area contributed by atoms with Crippen LogP contribution >= 0.6 is 0 Å². The van der Waals surface area contributed by atoms with Gasteiger partial charge in [-0.15, -0.1) is 0 Å². The molecule has 0 saturated carbocycles. The van der Waals surface area contributed by atoms with Crippen molar-refractivity contribution in [3.63, 3.8) is 0 Å². The fourth-order valence-corrected chi connectivity index (χ4v) is 1.52. The molecule has 3 N–H and O–H groups in total. The number of hydrogen-bond acceptors (Lipinski definition) is 5. The molecule has 0 aliphatic rings. The molecule has 0 aromatic carbocycles. The number of carbonyl (C=O) groups excluding carboxylic acids is 1. The Labute approximate surface area is 101 Å². The number of nitrogens with two attached hydrogens (primary N) is 1. The third kappa shape index (κ3) is 4.26. The summed E-state index contributed by atoms with van der Waals surface area (Å²) in [7, 11) is 1.78. The van der Waals surface area contributed by atoms with Gasteiger partial charge in [0.25, 0.3) is 0 Å². The van der Waals surface area contributed by atoms with E-state index in [-0.39, 0.29) is 12.5 Å². The largest absolute Gasteiger partial charge is 0.373 e. The monoisotopic (exact) mass is 237 g/mol. The van der Waals surface area contributed by atoms with E-state index < -0.39 is 0 Å². The van der Waals surface area contributed by atoms with Crippen LogP contribution in [0.1, 0.15) is 13.8 Å². The molecule has 6 nitrogen and oxygen atoms in total. The van der Waals surface area contributed by atoms with E-state index in [0.29, 0.717) is 17.6 Å². The topological polar surface area (TPSA) is 84.1 Å². The minimum atomic E-state index is -0.365. The average Bonchev–Trinajstić information content (AvgIpc) is 2.27. The second-order valence-electron chi connectivity index (χ2n) is 4.25. The van der Waals surface area contributed by atoms with Crippen LogP contribution in [-0.2, 0) is 4.79 Å². The SMILES string of the molecule is CNc1cc(N(CC(N)=O)CC(C)C)ncn1. The van der Waals surface area contributed by atoms with Gasteiger partial charge in [-0.25, -0.2) is 9.97 Å². The number of nitrogens with one attached hydrogen (secondary N) is 1. The Bertz CT molecular complexity index is 380. The van der Waals surface area contributed by atoms with Crippen LogP contribution in [0.5, 0.6) is 0 Å². The van der Waals surface area contributed by atoms with Crippen molar-refractivity contribution in [1.29, 1.82) is 0 Å². The molecule has 0 bridgehead atoms. The lowest BCUT2D eigenvalue weighted by molar-refractivity contribution is -0.116. The van der Waals surface area contributed by atoms with Crippen molar-refractivity contribution >= 4 is 17.5 Å². The molecule has 0 fully saturated rings. The van der Waals surface area contributed by atoms with Gasteiger partial charge in [-0.2, -0.15) is 0 Å². The number of primary amides is 1. The Balaban J connectivity index is 2.90. The molecule has 0 aliphatic carbocycles. The summed E-state index contributed by atoms with van der Waals surface area (Å²) in [5.41, 5.74) is 5.24. The second-order valence-corrected chi connectivity index (χ2v) is 4.25. The zero-order chi connectivity index (χ0) is 12.8. The summed E-state index contributed by atoms with van der Waals surface area (Å²) in [5, 5.41) is 2.93. The van der Waals surface area contributed by atoms with Crippen molar-refractivity contribution in [2.45, 2.75) is 13.8 Å². The number of hydrogen-bond donors (Lipinski definition) is 2. The van der Waals surface area contributed by atoms with Crippen molar-refractivity contribution in [2.24, 2.45) is 11.7 Å². The van der Waals surface area contributed by atoms with E-state index in [1.165, 1.54) is 6.33 Å². The van der Waals surface area contributed by atoms with E-state index in [1.807, 2.05) is 4.90 Å². The Morgan fingerprint density at radius 1 is 1.53 bits per heavy atom. The standard InChI is InChI=1S/C11H19N5O/c1-8(2)5-16(6-9(12)17)11-4-10(13-3)14-7-15-11/h4,7-8H,5-6H2,1-3H3,(H2,12,17)(H,13,14,15). The molecule has 0 radical (unpaired) electrons. The van der Waals surface area contributed by atoms with Gasteiger partial charge in [0.2, 0.25) is 5.91 Å². The highest BCUT2D eigenvalue weighted by Crippen LogP contribution is 2.14. The minimum absolute atomic E-state index is 0.165. The van der Waals surface area contributed by atoms with Crippen LogP contribution in [0, 0.1) is 5.92 Å². The number of carbonyl (C=O) groups is 1. The third-order valence-electron chi connectivity index (χ3n) is 2.17. The fraction of sp³-hybridized carbons (Fsp3) is 0.545. The van der Waals surface area contributed by atoms with Crippen LogP contribution in [0.4, 0.5) is 11.6 Å². The van der Waals surface area contributed by atoms with Gasteiger partial charge in [-0.05, 0) is 5.92 Å². The fourth-order valence-electron chi connectivity index (χ4n) is 1.52. The van der Waals surface area contributed by atoms with Gasteiger partial charge in [-0.3, -0.25) is 4.79 Å². The molecule has 0 unspecified atom stereocenters. The predicted octanol–water partition coefficient (Wildman–Crippen LogP) is 0.466. The van der Waals surface area contributed by atoms with E-state index in [4.69, 9.17) is 5.73 Å². The van der Waals surface area contributed by atoms with Gasteiger partial charge in [0.1, 0.15) is 18.0 Å². The quantitative estimate of drug-likeness (QED) is 0.751. The molecule has 0 atom stereocenters. The maximum Gasteiger partial charge on any atom is 0.236 e. The zero-order valence-electron chi connectivity index (χ0n) is 10.5. The highest BCUT2D eigenvalue weighted by Gasteiger charge is 2.13. The third-order valence-corrected chi connectivity index (χ3v) is 2.17. The average molecular weight is 237 g/mol. The highest BCUT2D eigenvalue weighted by molar-refractivity contribution is 5.79. The number of nitrogens with zero attached hydrogens (tertiary/aromatic N) is 3. The van der Waals surface area contributed by atoms with Crippen LogP contribution in [-0.4, -0.2) is 36.0 Å². The summed E-state index contributed by atoms with van der Waals surface area (Å²) in [6, 6.07) is 1.80. The van der Waals surface area contributed by atoms with Gasteiger partial charge in [0.15, 0.2) is 0 Å². The number of rotatable bonds is 6. The lowest BCUT2D eigenvalue weighted by Gasteiger charge is -2.24. The highest BCUT2D eigenvalue weighted by atomic mass is 16.1. The molecule has 1 aromatic rings. The van der Waals surface area contributed by atoms with Crippen molar-refractivity contribution in [1.82, 2.24) is 9.97 Å². The Morgan fingerprint density at radius 2 is 2.24 bits per heavy atom. The number of amides is 1. The second kappa shape index (κ2) is 6.03. The van der Waals surface area contributed by atoms with Gasteiger partial charge >= 0.3 is 0 Å². The van der Waals surface area contributed by atoms with E-state index >= 15 is 0 Å². The molecule has 6 heteroatoms. The first-order valence-corrected chi connectivity index (χ1v) is 5.56. The van der Waals surface area contributed by atoms with Crippen molar-refractivity contribution in [2.75, 3.05) is 30.4 Å². The molecule has 1 rings (SSSR count). The molecule has 0 spiro atoms. The van der Waals surface area contributed by atoms with Crippen LogP contribution in [0.25, 0.3) is 0 Å². The Hall–Kier alpha value is -1.85. The molecule has 94 valence electrons. The number of anilines is 2. The molecule has 17 heavy (non-hydrogen) atoms. The lowest BCUT2D eigenvalue weighted by atomic mass is 10.2. The van der Waals surface area contributed by atoms with Gasteiger partial charge in [0, 0.05) is 19.7 Å². The van der Waals surface area contributed by atoms with E-state index in [9.17, 15) is 4.79 Å². The van der Waals surface area contributed by atoms with E-state index in [2.05, 4.69) is 29.1 Å². The smallest absolute Gasteiger partial charge is 0.236 e. The van der Waals surface area contributed by atoms with Crippen LogP contribution in [0.3, 0.4) is 0 Å². The van der Waals surface area contributed by atoms with Gasteiger partial charge in [-0.1, -0.05) is 13.8 Å². The maximum atomic E-state index is 11.0. The normalized spacial score (nSPS) is 10.4. The van der Waals surface area contributed by atoms with Crippen LogP contribution in [0.15, 0.2) is 12.4 Å².